The van der Waals surface area contributed by atoms with Gasteiger partial charge in [-0.25, -0.2) is 0 Å². The Bertz CT molecular complexity index is 297. The number of hydrogen-bond acceptors (Lipinski definition) is 3. The molecule has 0 amide bonds. The summed E-state index contributed by atoms with van der Waals surface area (Å²) >= 11 is 0. The summed E-state index contributed by atoms with van der Waals surface area (Å²) in [5.41, 5.74) is 0. The molecule has 1 saturated carbocycles. The van der Waals surface area contributed by atoms with Crippen molar-refractivity contribution >= 4 is 0 Å². The van der Waals surface area contributed by atoms with Gasteiger partial charge >= 0.3 is 0 Å². The Labute approximate surface area is 124 Å². The smallest absolute Gasteiger partial charge is 0.0612 e. The highest BCUT2D eigenvalue weighted by Gasteiger charge is 2.38. The maximum absolute atomic E-state index is 5.97. The molecule has 116 valence electrons. The number of nitrogens with one attached hydrogen (secondary N) is 1. The SMILES string of the molecule is CC(C)C1CC(N(CC2CCNCC2)C2CC2)CCO1. The summed E-state index contributed by atoms with van der Waals surface area (Å²) in [6.07, 6.45) is 8.64. The van der Waals surface area contributed by atoms with Crippen LogP contribution < -0.4 is 5.32 Å². The van der Waals surface area contributed by atoms with E-state index in [4.69, 9.17) is 4.74 Å². The van der Waals surface area contributed by atoms with Crippen LogP contribution in [0.25, 0.3) is 0 Å². The lowest BCUT2D eigenvalue weighted by molar-refractivity contribution is -0.0530. The van der Waals surface area contributed by atoms with E-state index in [1.54, 1.807) is 0 Å². The molecule has 2 aliphatic heterocycles. The highest BCUT2D eigenvalue weighted by Crippen LogP contribution is 2.35. The average Bonchev–Trinajstić information content (AvgIpc) is 3.30. The molecule has 1 aliphatic carbocycles. The molecule has 3 heteroatoms. The summed E-state index contributed by atoms with van der Waals surface area (Å²) in [4.78, 5) is 2.88. The third-order valence-electron chi connectivity index (χ3n) is 5.44. The predicted molar refractivity (Wildman–Crippen MR) is 82.9 cm³/mol. The molecule has 0 aromatic heterocycles. The van der Waals surface area contributed by atoms with Crippen molar-refractivity contribution in [1.82, 2.24) is 10.2 Å². The van der Waals surface area contributed by atoms with Gasteiger partial charge in [0.2, 0.25) is 0 Å². The van der Waals surface area contributed by atoms with E-state index >= 15 is 0 Å². The molecule has 2 unspecified atom stereocenters. The molecule has 2 heterocycles. The van der Waals surface area contributed by atoms with Gasteiger partial charge in [0.05, 0.1) is 6.10 Å². The zero-order valence-electron chi connectivity index (χ0n) is 13.3. The first kappa shape index (κ1) is 14.8. The minimum absolute atomic E-state index is 0.489. The van der Waals surface area contributed by atoms with Crippen LogP contribution in [0.3, 0.4) is 0 Å². The fraction of sp³-hybridized carbons (Fsp3) is 1.00. The molecule has 0 spiro atoms. The highest BCUT2D eigenvalue weighted by molar-refractivity contribution is 4.92. The maximum atomic E-state index is 5.97. The Kier molecular flexibility index (Phi) is 5.00. The lowest BCUT2D eigenvalue weighted by Crippen LogP contribution is -2.47. The van der Waals surface area contributed by atoms with Gasteiger partial charge in [-0.1, -0.05) is 13.8 Å². The number of nitrogens with zero attached hydrogens (tertiary/aromatic N) is 1. The van der Waals surface area contributed by atoms with E-state index < -0.39 is 0 Å². The van der Waals surface area contributed by atoms with Gasteiger partial charge in [-0.3, -0.25) is 4.90 Å². The highest BCUT2D eigenvalue weighted by atomic mass is 16.5. The van der Waals surface area contributed by atoms with E-state index in [0.29, 0.717) is 12.0 Å². The number of ether oxygens (including phenoxy) is 1. The minimum Gasteiger partial charge on any atom is -0.378 e. The summed E-state index contributed by atoms with van der Waals surface area (Å²) in [6, 6.07) is 1.69. The molecule has 1 N–H and O–H groups in total. The van der Waals surface area contributed by atoms with Crippen LogP contribution in [0.1, 0.15) is 52.4 Å². The van der Waals surface area contributed by atoms with Gasteiger partial charge < -0.3 is 10.1 Å². The predicted octanol–water partition coefficient (Wildman–Crippen LogP) is 2.65. The molecule has 3 fully saturated rings. The maximum Gasteiger partial charge on any atom is 0.0612 e. The summed E-state index contributed by atoms with van der Waals surface area (Å²) in [5.74, 6) is 1.59. The normalized spacial score (nSPS) is 33.0. The first-order chi connectivity index (χ1) is 9.74. The standard InChI is InChI=1S/C17H32N2O/c1-13(2)17-11-16(7-10-20-17)19(15-3-4-15)12-14-5-8-18-9-6-14/h13-18H,3-12H2,1-2H3. The van der Waals surface area contributed by atoms with Gasteiger partial charge in [0.25, 0.3) is 0 Å². The zero-order valence-corrected chi connectivity index (χ0v) is 13.3. The van der Waals surface area contributed by atoms with Gasteiger partial charge in [-0.15, -0.1) is 0 Å². The van der Waals surface area contributed by atoms with Crippen LogP contribution in [0, 0.1) is 11.8 Å². The molecular formula is C17H32N2O. The average molecular weight is 280 g/mol. The van der Waals surface area contributed by atoms with E-state index in [1.807, 2.05) is 0 Å². The molecule has 0 aromatic carbocycles. The molecule has 2 atom stereocenters. The van der Waals surface area contributed by atoms with E-state index in [0.717, 1.165) is 24.6 Å². The van der Waals surface area contributed by atoms with Crippen molar-refractivity contribution in [3.8, 4) is 0 Å². The lowest BCUT2D eigenvalue weighted by atomic mass is 9.92. The molecule has 3 aliphatic rings. The summed E-state index contributed by atoms with van der Waals surface area (Å²) in [7, 11) is 0. The Morgan fingerprint density at radius 1 is 1.05 bits per heavy atom. The van der Waals surface area contributed by atoms with Gasteiger partial charge in [-0.05, 0) is 63.5 Å². The quantitative estimate of drug-likeness (QED) is 0.838. The van der Waals surface area contributed by atoms with Crippen LogP contribution in [0.4, 0.5) is 0 Å². The topological polar surface area (TPSA) is 24.5 Å². The number of rotatable bonds is 5. The molecule has 3 rings (SSSR count). The van der Waals surface area contributed by atoms with Crippen LogP contribution in [-0.4, -0.2) is 49.3 Å². The summed E-state index contributed by atoms with van der Waals surface area (Å²) < 4.78 is 5.97. The van der Waals surface area contributed by atoms with Crippen molar-refractivity contribution in [2.75, 3.05) is 26.2 Å². The van der Waals surface area contributed by atoms with Gasteiger partial charge in [-0.2, -0.15) is 0 Å². The van der Waals surface area contributed by atoms with E-state index in [-0.39, 0.29) is 0 Å². The van der Waals surface area contributed by atoms with E-state index in [2.05, 4.69) is 24.1 Å². The summed E-state index contributed by atoms with van der Waals surface area (Å²) in [5, 5.41) is 3.50. The van der Waals surface area contributed by atoms with Crippen molar-refractivity contribution < 1.29 is 4.74 Å². The van der Waals surface area contributed by atoms with Crippen molar-refractivity contribution in [1.29, 1.82) is 0 Å². The molecule has 3 nitrogen and oxygen atoms in total. The van der Waals surface area contributed by atoms with E-state index in [9.17, 15) is 0 Å². The summed E-state index contributed by atoms with van der Waals surface area (Å²) in [6.45, 7) is 9.39. The fourth-order valence-corrected chi connectivity index (χ4v) is 3.94. The van der Waals surface area contributed by atoms with E-state index in [1.165, 1.54) is 58.2 Å². The molecule has 2 saturated heterocycles. The van der Waals surface area contributed by atoms with Crippen LogP contribution in [0.15, 0.2) is 0 Å². The lowest BCUT2D eigenvalue weighted by Gasteiger charge is -2.41. The first-order valence-corrected chi connectivity index (χ1v) is 8.82. The van der Waals surface area contributed by atoms with Gasteiger partial charge in [0, 0.05) is 25.2 Å². The van der Waals surface area contributed by atoms with Crippen molar-refractivity contribution in [3.05, 3.63) is 0 Å². The molecular weight excluding hydrogens is 248 g/mol. The van der Waals surface area contributed by atoms with Gasteiger partial charge in [0.15, 0.2) is 0 Å². The largest absolute Gasteiger partial charge is 0.378 e. The second kappa shape index (κ2) is 6.76. The van der Waals surface area contributed by atoms with Crippen LogP contribution >= 0.6 is 0 Å². The van der Waals surface area contributed by atoms with Crippen LogP contribution in [0.5, 0.6) is 0 Å². The zero-order chi connectivity index (χ0) is 13.9. The number of piperidine rings is 1. The van der Waals surface area contributed by atoms with Crippen LogP contribution in [0.2, 0.25) is 0 Å². The third kappa shape index (κ3) is 3.75. The molecule has 0 radical (unpaired) electrons. The second-order valence-electron chi connectivity index (χ2n) is 7.45. The Morgan fingerprint density at radius 3 is 2.45 bits per heavy atom. The van der Waals surface area contributed by atoms with Crippen molar-refractivity contribution in [3.63, 3.8) is 0 Å². The Balaban J connectivity index is 1.58. The Hall–Kier alpha value is -0.120. The Morgan fingerprint density at radius 2 is 1.80 bits per heavy atom. The van der Waals surface area contributed by atoms with Crippen molar-refractivity contribution in [2.24, 2.45) is 11.8 Å². The molecule has 0 aromatic rings. The minimum atomic E-state index is 0.489. The van der Waals surface area contributed by atoms with Crippen molar-refractivity contribution in [2.45, 2.75) is 70.6 Å². The molecule has 20 heavy (non-hydrogen) atoms. The van der Waals surface area contributed by atoms with Crippen LogP contribution in [-0.2, 0) is 4.74 Å². The van der Waals surface area contributed by atoms with Gasteiger partial charge in [0.1, 0.15) is 0 Å². The second-order valence-corrected chi connectivity index (χ2v) is 7.45. The monoisotopic (exact) mass is 280 g/mol. The molecule has 0 bridgehead atoms. The number of hydrogen-bond donors (Lipinski definition) is 1. The third-order valence-corrected chi connectivity index (χ3v) is 5.44. The first-order valence-electron chi connectivity index (χ1n) is 8.82. The fourth-order valence-electron chi connectivity index (χ4n) is 3.94.